The van der Waals surface area contributed by atoms with Gasteiger partial charge in [-0.05, 0) is 0 Å². The molecule has 0 fully saturated rings. The molecular weight excluding hydrogens is 244 g/mol. The Morgan fingerprint density at radius 2 is 2.25 bits per heavy atom. The van der Waals surface area contributed by atoms with Crippen molar-refractivity contribution in [3.05, 3.63) is 21.6 Å². The fourth-order valence-electron chi connectivity index (χ4n) is 1.00. The highest BCUT2D eigenvalue weighted by Gasteiger charge is 2.12. The summed E-state index contributed by atoms with van der Waals surface area (Å²) in [6, 6.07) is 0. The summed E-state index contributed by atoms with van der Waals surface area (Å²) in [6.07, 6.45) is 0. The van der Waals surface area contributed by atoms with E-state index in [4.69, 9.17) is 0 Å². The molecule has 2 aromatic heterocycles. The number of carbonyl (C=O) groups excluding carboxylic acids is 1. The van der Waals surface area contributed by atoms with Crippen LogP contribution in [0.3, 0.4) is 0 Å². The van der Waals surface area contributed by atoms with Crippen molar-refractivity contribution in [2.24, 2.45) is 0 Å². The molecule has 1 N–H and O–H groups in total. The van der Waals surface area contributed by atoms with E-state index < -0.39 is 0 Å². The SMILES string of the molecule is CC(C)c1nnc(NC(=O)c2cscn2)s1. The van der Waals surface area contributed by atoms with Crippen LogP contribution in [0.15, 0.2) is 10.9 Å². The van der Waals surface area contributed by atoms with E-state index in [1.54, 1.807) is 10.9 Å². The van der Waals surface area contributed by atoms with E-state index in [1.807, 2.05) is 13.8 Å². The van der Waals surface area contributed by atoms with Gasteiger partial charge in [-0.3, -0.25) is 10.1 Å². The lowest BCUT2D eigenvalue weighted by Crippen LogP contribution is -2.11. The maximum absolute atomic E-state index is 11.6. The molecule has 0 aliphatic heterocycles. The Bertz CT molecular complexity index is 477. The standard InChI is InChI=1S/C9H10N4OS2/c1-5(2)8-12-13-9(16-8)11-7(14)6-3-15-4-10-6/h3-5H,1-2H3,(H,11,13,14). The minimum atomic E-state index is -0.243. The van der Waals surface area contributed by atoms with Crippen molar-refractivity contribution in [3.63, 3.8) is 0 Å². The van der Waals surface area contributed by atoms with Crippen LogP contribution in [0, 0.1) is 0 Å². The van der Waals surface area contributed by atoms with Crippen molar-refractivity contribution in [1.82, 2.24) is 15.2 Å². The second kappa shape index (κ2) is 4.67. The molecule has 7 heteroatoms. The fraction of sp³-hybridized carbons (Fsp3) is 0.333. The third kappa shape index (κ3) is 2.42. The number of hydrogen-bond donors (Lipinski definition) is 1. The molecule has 2 rings (SSSR count). The fourth-order valence-corrected chi connectivity index (χ4v) is 2.28. The van der Waals surface area contributed by atoms with Crippen LogP contribution in [0.5, 0.6) is 0 Å². The van der Waals surface area contributed by atoms with Crippen LogP contribution in [0.4, 0.5) is 5.13 Å². The summed E-state index contributed by atoms with van der Waals surface area (Å²) in [5.74, 6) is 0.0788. The van der Waals surface area contributed by atoms with Crippen LogP contribution in [0.1, 0.15) is 35.3 Å². The number of hydrogen-bond acceptors (Lipinski definition) is 6. The summed E-state index contributed by atoms with van der Waals surface area (Å²) in [7, 11) is 0. The number of amides is 1. The van der Waals surface area contributed by atoms with E-state index in [9.17, 15) is 4.79 Å². The third-order valence-electron chi connectivity index (χ3n) is 1.82. The summed E-state index contributed by atoms with van der Waals surface area (Å²) < 4.78 is 0. The smallest absolute Gasteiger partial charge is 0.276 e. The molecule has 84 valence electrons. The van der Waals surface area contributed by atoms with Crippen molar-refractivity contribution in [1.29, 1.82) is 0 Å². The Morgan fingerprint density at radius 3 is 2.81 bits per heavy atom. The predicted molar refractivity (Wildman–Crippen MR) is 64.1 cm³/mol. The van der Waals surface area contributed by atoms with Gasteiger partial charge in [0.05, 0.1) is 5.51 Å². The zero-order chi connectivity index (χ0) is 11.5. The molecule has 0 bridgehead atoms. The molecule has 0 aromatic carbocycles. The van der Waals surface area contributed by atoms with E-state index in [-0.39, 0.29) is 5.91 Å². The minimum absolute atomic E-state index is 0.243. The summed E-state index contributed by atoms with van der Waals surface area (Å²) in [5, 5.41) is 13.7. The van der Waals surface area contributed by atoms with Gasteiger partial charge in [-0.1, -0.05) is 25.2 Å². The van der Waals surface area contributed by atoms with Gasteiger partial charge in [0.25, 0.3) is 5.91 Å². The summed E-state index contributed by atoms with van der Waals surface area (Å²) in [6.45, 7) is 4.07. The van der Waals surface area contributed by atoms with Crippen molar-refractivity contribution >= 4 is 33.7 Å². The Kier molecular flexibility index (Phi) is 3.25. The van der Waals surface area contributed by atoms with E-state index in [0.717, 1.165) is 5.01 Å². The average molecular weight is 254 g/mol. The lowest BCUT2D eigenvalue weighted by Gasteiger charge is -1.96. The van der Waals surface area contributed by atoms with Crippen LogP contribution in [0.25, 0.3) is 0 Å². The number of nitrogens with zero attached hydrogens (tertiary/aromatic N) is 3. The van der Waals surface area contributed by atoms with Crippen molar-refractivity contribution in [3.8, 4) is 0 Å². The van der Waals surface area contributed by atoms with Gasteiger partial charge in [0.15, 0.2) is 0 Å². The Morgan fingerprint density at radius 1 is 1.44 bits per heavy atom. The second-order valence-corrected chi connectivity index (χ2v) is 5.16. The van der Waals surface area contributed by atoms with Gasteiger partial charge < -0.3 is 0 Å². The second-order valence-electron chi connectivity index (χ2n) is 3.43. The molecule has 16 heavy (non-hydrogen) atoms. The summed E-state index contributed by atoms with van der Waals surface area (Å²) in [5.41, 5.74) is 2.03. The predicted octanol–water partition coefficient (Wildman–Crippen LogP) is 2.37. The van der Waals surface area contributed by atoms with Gasteiger partial charge in [0, 0.05) is 11.3 Å². The molecule has 0 spiro atoms. The molecular formula is C9H10N4OS2. The molecule has 0 unspecified atom stereocenters. The zero-order valence-electron chi connectivity index (χ0n) is 8.80. The van der Waals surface area contributed by atoms with E-state index in [1.165, 1.54) is 22.7 Å². The molecule has 1 amide bonds. The quantitative estimate of drug-likeness (QED) is 0.913. The first-order valence-corrected chi connectivity index (χ1v) is 6.45. The first-order chi connectivity index (χ1) is 7.66. The highest BCUT2D eigenvalue weighted by molar-refractivity contribution is 7.15. The molecule has 2 heterocycles. The maximum atomic E-state index is 11.6. The topological polar surface area (TPSA) is 67.8 Å². The van der Waals surface area contributed by atoms with Gasteiger partial charge in [-0.2, -0.15) is 0 Å². The molecule has 0 aliphatic carbocycles. The van der Waals surface area contributed by atoms with E-state index >= 15 is 0 Å². The van der Waals surface area contributed by atoms with Crippen LogP contribution >= 0.6 is 22.7 Å². The summed E-state index contributed by atoms with van der Waals surface area (Å²) >= 11 is 2.77. The van der Waals surface area contributed by atoms with Crippen molar-refractivity contribution in [2.75, 3.05) is 5.32 Å². The molecule has 0 radical (unpaired) electrons. The number of thiazole rings is 1. The van der Waals surface area contributed by atoms with Gasteiger partial charge >= 0.3 is 0 Å². The molecule has 0 saturated carbocycles. The Labute approximate surface area is 101 Å². The van der Waals surface area contributed by atoms with Crippen molar-refractivity contribution < 1.29 is 4.79 Å². The third-order valence-corrected chi connectivity index (χ3v) is 3.55. The highest BCUT2D eigenvalue weighted by Crippen LogP contribution is 2.22. The van der Waals surface area contributed by atoms with Crippen LogP contribution in [-0.2, 0) is 0 Å². The van der Waals surface area contributed by atoms with Gasteiger partial charge in [-0.15, -0.1) is 21.5 Å². The Hall–Kier alpha value is -1.34. The monoisotopic (exact) mass is 254 g/mol. The number of rotatable bonds is 3. The minimum Gasteiger partial charge on any atom is -0.295 e. The number of aromatic nitrogens is 3. The highest BCUT2D eigenvalue weighted by atomic mass is 32.1. The number of anilines is 1. The summed E-state index contributed by atoms with van der Waals surface area (Å²) in [4.78, 5) is 15.5. The first kappa shape index (κ1) is 11.2. The van der Waals surface area contributed by atoms with Crippen LogP contribution < -0.4 is 5.32 Å². The molecule has 0 saturated heterocycles. The molecule has 0 aliphatic rings. The van der Waals surface area contributed by atoms with E-state index in [0.29, 0.717) is 16.7 Å². The van der Waals surface area contributed by atoms with Crippen LogP contribution in [-0.4, -0.2) is 21.1 Å². The van der Waals surface area contributed by atoms with Gasteiger partial charge in [-0.25, -0.2) is 4.98 Å². The number of carbonyl (C=O) groups is 1. The average Bonchev–Trinajstić information content (AvgIpc) is 2.87. The number of nitrogens with one attached hydrogen (secondary N) is 1. The zero-order valence-corrected chi connectivity index (χ0v) is 10.4. The van der Waals surface area contributed by atoms with E-state index in [2.05, 4.69) is 20.5 Å². The van der Waals surface area contributed by atoms with Gasteiger partial charge in [0.1, 0.15) is 10.7 Å². The normalized spacial score (nSPS) is 10.7. The molecule has 5 nitrogen and oxygen atoms in total. The van der Waals surface area contributed by atoms with Crippen molar-refractivity contribution in [2.45, 2.75) is 19.8 Å². The molecule has 2 aromatic rings. The van der Waals surface area contributed by atoms with Crippen LogP contribution in [0.2, 0.25) is 0 Å². The largest absolute Gasteiger partial charge is 0.295 e. The first-order valence-electron chi connectivity index (χ1n) is 4.69. The van der Waals surface area contributed by atoms with Gasteiger partial charge in [0.2, 0.25) is 5.13 Å². The molecule has 0 atom stereocenters. The maximum Gasteiger partial charge on any atom is 0.276 e. The lowest BCUT2D eigenvalue weighted by atomic mass is 10.2. The Balaban J connectivity index is 2.07. The lowest BCUT2D eigenvalue weighted by molar-refractivity contribution is 0.102.